The molecule has 1 unspecified atom stereocenters. The number of aromatic nitrogens is 2. The lowest BCUT2D eigenvalue weighted by Crippen LogP contribution is -2.26. The van der Waals surface area contributed by atoms with Gasteiger partial charge >= 0.3 is 0 Å². The molecule has 0 saturated carbocycles. The number of rotatable bonds is 10. The summed E-state index contributed by atoms with van der Waals surface area (Å²) in [4.78, 5) is 17.7. The third-order valence-corrected chi connectivity index (χ3v) is 7.95. The van der Waals surface area contributed by atoms with Crippen molar-refractivity contribution in [2.24, 2.45) is 0 Å². The molecule has 0 saturated heterocycles. The molecule has 186 valence electrons. The van der Waals surface area contributed by atoms with Gasteiger partial charge < -0.3 is 14.3 Å². The predicted octanol–water partition coefficient (Wildman–Crippen LogP) is 4.64. The minimum absolute atomic E-state index is 0.0945. The topological polar surface area (TPSA) is 97.4 Å². The van der Waals surface area contributed by atoms with Crippen LogP contribution in [0.25, 0.3) is 22.0 Å². The summed E-state index contributed by atoms with van der Waals surface area (Å²) in [6.45, 7) is 4.78. The van der Waals surface area contributed by atoms with Crippen LogP contribution in [0.1, 0.15) is 50.7 Å². The summed E-state index contributed by atoms with van der Waals surface area (Å²) in [6.07, 6.45) is 2.70. The molecule has 0 bridgehead atoms. The van der Waals surface area contributed by atoms with Gasteiger partial charge in [0.15, 0.2) is 0 Å². The van der Waals surface area contributed by atoms with E-state index in [-0.39, 0.29) is 23.3 Å². The number of amides is 1. The number of carbonyl (C=O) groups is 1. The molecule has 4 rings (SSSR count). The second-order valence-electron chi connectivity index (χ2n) is 8.95. The lowest BCUT2D eigenvalue weighted by molar-refractivity contribution is -0.121. The van der Waals surface area contributed by atoms with Crippen molar-refractivity contribution in [1.82, 2.24) is 19.2 Å². The van der Waals surface area contributed by atoms with Gasteiger partial charge in [0.1, 0.15) is 17.2 Å². The van der Waals surface area contributed by atoms with E-state index in [4.69, 9.17) is 9.40 Å². The Hall–Kier alpha value is -3.17. The minimum Gasteiger partial charge on any atom is -0.459 e. The van der Waals surface area contributed by atoms with Crippen molar-refractivity contribution in [3.05, 3.63) is 60.1 Å². The molecule has 1 N–H and O–H groups in total. The molecule has 0 spiro atoms. The first-order valence-electron chi connectivity index (χ1n) is 11.9. The maximum absolute atomic E-state index is 12.7. The van der Waals surface area contributed by atoms with Gasteiger partial charge in [-0.15, -0.1) is 0 Å². The average Bonchev–Trinajstić information content (AvgIpc) is 3.42. The number of carbonyl (C=O) groups excluding carboxylic acids is 1. The number of hydrogen-bond acceptors (Lipinski definition) is 5. The van der Waals surface area contributed by atoms with Crippen LogP contribution in [-0.4, -0.2) is 42.3 Å². The number of benzene rings is 2. The van der Waals surface area contributed by atoms with E-state index in [1.54, 1.807) is 12.1 Å². The van der Waals surface area contributed by atoms with E-state index in [0.29, 0.717) is 17.7 Å². The smallest absolute Gasteiger partial charge is 0.242 e. The van der Waals surface area contributed by atoms with Crippen LogP contribution in [0, 0.1) is 0 Å². The van der Waals surface area contributed by atoms with Crippen LogP contribution in [0.4, 0.5) is 0 Å². The number of sulfonamides is 1. The molecule has 35 heavy (non-hydrogen) atoms. The van der Waals surface area contributed by atoms with Gasteiger partial charge in [0, 0.05) is 38.9 Å². The van der Waals surface area contributed by atoms with Crippen LogP contribution >= 0.6 is 0 Å². The summed E-state index contributed by atoms with van der Waals surface area (Å²) in [7, 11) is -0.534. The predicted molar refractivity (Wildman–Crippen MR) is 137 cm³/mol. The van der Waals surface area contributed by atoms with Crippen molar-refractivity contribution >= 4 is 37.9 Å². The van der Waals surface area contributed by atoms with E-state index in [1.807, 2.05) is 43.3 Å². The van der Waals surface area contributed by atoms with Crippen LogP contribution < -0.4 is 5.32 Å². The Morgan fingerprint density at radius 3 is 2.66 bits per heavy atom. The summed E-state index contributed by atoms with van der Waals surface area (Å²) >= 11 is 0. The molecular formula is C26H32N4O4S. The van der Waals surface area contributed by atoms with Crippen molar-refractivity contribution in [3.8, 4) is 0 Å². The van der Waals surface area contributed by atoms with Crippen LogP contribution in [0.5, 0.6) is 0 Å². The SMILES string of the molecule is CCCCn1c(CCC(=O)NC(C)c2cc3ccccc3o2)nc2cc(S(=O)(=O)N(C)C)ccc21. The summed E-state index contributed by atoms with van der Waals surface area (Å²) < 4.78 is 34.3. The molecule has 2 heterocycles. The zero-order chi connectivity index (χ0) is 25.2. The van der Waals surface area contributed by atoms with Gasteiger partial charge in [-0.3, -0.25) is 4.79 Å². The molecule has 1 atom stereocenters. The first-order valence-corrected chi connectivity index (χ1v) is 13.3. The number of nitrogens with zero attached hydrogens (tertiary/aromatic N) is 3. The highest BCUT2D eigenvalue weighted by atomic mass is 32.2. The van der Waals surface area contributed by atoms with E-state index < -0.39 is 10.0 Å². The quantitative estimate of drug-likeness (QED) is 0.345. The molecule has 8 nitrogen and oxygen atoms in total. The van der Waals surface area contributed by atoms with Crippen molar-refractivity contribution in [2.75, 3.05) is 14.1 Å². The Morgan fingerprint density at radius 1 is 1.17 bits per heavy atom. The van der Waals surface area contributed by atoms with Gasteiger partial charge in [0.05, 0.1) is 22.0 Å². The molecule has 4 aromatic rings. The summed E-state index contributed by atoms with van der Waals surface area (Å²) in [6, 6.07) is 14.5. The molecule has 0 aliphatic rings. The zero-order valence-corrected chi connectivity index (χ0v) is 21.4. The molecular weight excluding hydrogens is 464 g/mol. The van der Waals surface area contributed by atoms with Gasteiger partial charge in [-0.25, -0.2) is 17.7 Å². The Bertz CT molecular complexity index is 1420. The molecule has 2 aromatic heterocycles. The zero-order valence-electron chi connectivity index (χ0n) is 20.6. The third-order valence-electron chi connectivity index (χ3n) is 6.14. The fourth-order valence-electron chi connectivity index (χ4n) is 4.11. The number of nitrogens with one attached hydrogen (secondary N) is 1. The van der Waals surface area contributed by atoms with Gasteiger partial charge in [-0.2, -0.15) is 0 Å². The fourth-order valence-corrected chi connectivity index (χ4v) is 5.04. The first kappa shape index (κ1) is 24.9. The van der Waals surface area contributed by atoms with E-state index in [0.717, 1.165) is 41.7 Å². The highest BCUT2D eigenvalue weighted by molar-refractivity contribution is 7.89. The Kier molecular flexibility index (Phi) is 7.28. The highest BCUT2D eigenvalue weighted by Crippen LogP contribution is 2.25. The van der Waals surface area contributed by atoms with Gasteiger partial charge in [0.25, 0.3) is 0 Å². The normalized spacial score (nSPS) is 13.1. The van der Waals surface area contributed by atoms with Gasteiger partial charge in [-0.1, -0.05) is 31.5 Å². The van der Waals surface area contributed by atoms with Gasteiger partial charge in [-0.05, 0) is 43.7 Å². The Balaban J connectivity index is 1.51. The van der Waals surface area contributed by atoms with Crippen molar-refractivity contribution in [1.29, 1.82) is 0 Å². The third kappa shape index (κ3) is 5.26. The largest absolute Gasteiger partial charge is 0.459 e. The molecule has 0 fully saturated rings. The average molecular weight is 497 g/mol. The summed E-state index contributed by atoms with van der Waals surface area (Å²) in [5.41, 5.74) is 2.29. The molecule has 1 amide bonds. The van der Waals surface area contributed by atoms with Crippen molar-refractivity contribution in [2.45, 2.75) is 57.0 Å². The lowest BCUT2D eigenvalue weighted by atomic mass is 10.2. The molecule has 9 heteroatoms. The van der Waals surface area contributed by atoms with Crippen molar-refractivity contribution < 1.29 is 17.6 Å². The van der Waals surface area contributed by atoms with E-state index >= 15 is 0 Å². The number of unbranched alkanes of at least 4 members (excludes halogenated alkanes) is 1. The molecule has 0 aliphatic heterocycles. The molecule has 0 radical (unpaired) electrons. The van der Waals surface area contributed by atoms with Crippen LogP contribution in [-0.2, 0) is 27.8 Å². The first-order chi connectivity index (χ1) is 16.7. The number of furan rings is 1. The van der Waals surface area contributed by atoms with Crippen LogP contribution in [0.15, 0.2) is 57.8 Å². The fraction of sp³-hybridized carbons (Fsp3) is 0.385. The minimum atomic E-state index is -3.55. The maximum Gasteiger partial charge on any atom is 0.242 e. The monoisotopic (exact) mass is 496 g/mol. The van der Waals surface area contributed by atoms with Crippen LogP contribution in [0.2, 0.25) is 0 Å². The van der Waals surface area contributed by atoms with E-state index in [1.165, 1.54) is 18.4 Å². The number of para-hydroxylation sites is 1. The number of fused-ring (bicyclic) bond motifs is 2. The number of aryl methyl sites for hydroxylation is 2. The summed E-state index contributed by atoms with van der Waals surface area (Å²) in [5.74, 6) is 1.40. The highest BCUT2D eigenvalue weighted by Gasteiger charge is 2.20. The maximum atomic E-state index is 12.7. The van der Waals surface area contributed by atoms with Crippen LogP contribution in [0.3, 0.4) is 0 Å². The Morgan fingerprint density at radius 2 is 1.94 bits per heavy atom. The molecule has 2 aromatic carbocycles. The molecule has 0 aliphatic carbocycles. The second kappa shape index (κ2) is 10.2. The summed E-state index contributed by atoms with van der Waals surface area (Å²) in [5, 5.41) is 4.01. The van der Waals surface area contributed by atoms with Crippen molar-refractivity contribution in [3.63, 3.8) is 0 Å². The second-order valence-corrected chi connectivity index (χ2v) is 11.1. The number of imidazole rings is 1. The standard InChI is InChI=1S/C26H32N4O4S/c1-5-6-15-30-22-12-11-20(35(32,33)29(3)4)17-21(22)28-25(30)13-14-26(31)27-18(2)24-16-19-9-7-8-10-23(19)34-24/h7-12,16-18H,5-6,13-15H2,1-4H3,(H,27,31). The van der Waals surface area contributed by atoms with E-state index in [2.05, 4.69) is 16.8 Å². The van der Waals surface area contributed by atoms with E-state index in [9.17, 15) is 13.2 Å². The number of hydrogen-bond donors (Lipinski definition) is 1. The lowest BCUT2D eigenvalue weighted by Gasteiger charge is -2.12. The Labute approximate surface area is 206 Å². The van der Waals surface area contributed by atoms with Gasteiger partial charge in [0.2, 0.25) is 15.9 Å².